The minimum Gasteiger partial charge on any atom is -0.395 e. The Morgan fingerprint density at radius 1 is 0.821 bits per heavy atom. The molecule has 2 aliphatic heterocycles. The van der Waals surface area contributed by atoms with Crippen molar-refractivity contribution in [3.63, 3.8) is 0 Å². The number of benzene rings is 1. The molecule has 0 aliphatic carbocycles. The normalized spacial score (nSPS) is 16.5. The molecule has 3 heterocycles. The molecule has 28 heavy (non-hydrogen) atoms. The second kappa shape index (κ2) is 11.2. The summed E-state index contributed by atoms with van der Waals surface area (Å²) < 4.78 is 0. The fourth-order valence-corrected chi connectivity index (χ4v) is 4.69. The van der Waals surface area contributed by atoms with Crippen LogP contribution in [0.4, 0.5) is 11.4 Å². The standard InChI is InChI=1S/C21H27N3OS.2ClH/c25-16-15-23-13-11-22(12-14-23)9-3-10-24-19-5-2-1-4-18(19)6-7-21-20(24)8-17-26-21;;/h1-2,4-8,17,25H,3,9-16H2;2*1H. The van der Waals surface area contributed by atoms with Crippen molar-refractivity contribution in [1.82, 2.24) is 9.80 Å². The van der Waals surface area contributed by atoms with Crippen LogP contribution in [0.1, 0.15) is 16.9 Å². The molecule has 154 valence electrons. The molecule has 4 nitrogen and oxygen atoms in total. The molecule has 4 rings (SSSR count). The third-order valence-corrected chi connectivity index (χ3v) is 6.21. The molecular formula is C21H29Cl2N3OS. The summed E-state index contributed by atoms with van der Waals surface area (Å²) in [6.07, 6.45) is 5.65. The lowest BCUT2D eigenvalue weighted by Gasteiger charge is -2.35. The van der Waals surface area contributed by atoms with Gasteiger partial charge in [-0.25, -0.2) is 0 Å². The number of β-amino-alcohol motifs (C(OH)–C–C–N with tert-alkyl or cyclic N) is 1. The Morgan fingerprint density at radius 3 is 2.29 bits per heavy atom. The Labute approximate surface area is 184 Å². The summed E-state index contributed by atoms with van der Waals surface area (Å²) in [5.74, 6) is 0. The number of anilines is 2. The van der Waals surface area contributed by atoms with Gasteiger partial charge in [0, 0.05) is 45.0 Å². The second-order valence-electron chi connectivity index (χ2n) is 6.97. The van der Waals surface area contributed by atoms with E-state index in [0.29, 0.717) is 0 Å². The maximum absolute atomic E-state index is 9.07. The molecule has 0 unspecified atom stereocenters. The number of aliphatic hydroxyl groups excluding tert-OH is 1. The van der Waals surface area contributed by atoms with Crippen molar-refractivity contribution in [2.24, 2.45) is 0 Å². The van der Waals surface area contributed by atoms with Gasteiger partial charge in [-0.15, -0.1) is 36.2 Å². The van der Waals surface area contributed by atoms with Crippen LogP contribution in [0.5, 0.6) is 0 Å². The summed E-state index contributed by atoms with van der Waals surface area (Å²) in [6.45, 7) is 7.64. The maximum atomic E-state index is 9.07. The van der Waals surface area contributed by atoms with Gasteiger partial charge in [0.05, 0.1) is 17.2 Å². The molecule has 0 amide bonds. The first-order chi connectivity index (χ1) is 12.8. The average molecular weight is 442 g/mol. The Bertz CT molecular complexity index is 760. The predicted molar refractivity (Wildman–Crippen MR) is 126 cm³/mol. The van der Waals surface area contributed by atoms with Gasteiger partial charge < -0.3 is 14.9 Å². The van der Waals surface area contributed by atoms with E-state index >= 15 is 0 Å². The van der Waals surface area contributed by atoms with Crippen LogP contribution in [0.25, 0.3) is 12.2 Å². The third-order valence-electron chi connectivity index (χ3n) is 5.34. The van der Waals surface area contributed by atoms with Crippen molar-refractivity contribution in [3.8, 4) is 0 Å². The van der Waals surface area contributed by atoms with Crippen LogP contribution < -0.4 is 4.90 Å². The first kappa shape index (κ1) is 23.2. The van der Waals surface area contributed by atoms with Crippen molar-refractivity contribution < 1.29 is 5.11 Å². The Hall–Kier alpha value is -1.08. The van der Waals surface area contributed by atoms with E-state index in [9.17, 15) is 0 Å². The molecule has 0 spiro atoms. The highest BCUT2D eigenvalue weighted by atomic mass is 35.5. The number of hydrogen-bond acceptors (Lipinski definition) is 5. The molecule has 2 aromatic rings. The lowest BCUT2D eigenvalue weighted by Crippen LogP contribution is -2.47. The molecule has 0 radical (unpaired) electrons. The van der Waals surface area contributed by atoms with E-state index in [0.717, 1.165) is 52.2 Å². The van der Waals surface area contributed by atoms with Gasteiger partial charge >= 0.3 is 0 Å². The van der Waals surface area contributed by atoms with Crippen LogP contribution in [0.2, 0.25) is 0 Å². The van der Waals surface area contributed by atoms with Gasteiger partial charge in [0.25, 0.3) is 0 Å². The number of hydrogen-bond donors (Lipinski definition) is 1. The van der Waals surface area contributed by atoms with E-state index < -0.39 is 0 Å². The Kier molecular flexibility index (Phi) is 9.28. The zero-order valence-electron chi connectivity index (χ0n) is 16.0. The van der Waals surface area contributed by atoms with Gasteiger partial charge in [0.1, 0.15) is 0 Å². The van der Waals surface area contributed by atoms with Crippen molar-refractivity contribution >= 4 is 59.7 Å². The lowest BCUT2D eigenvalue weighted by atomic mass is 10.1. The largest absolute Gasteiger partial charge is 0.395 e. The third kappa shape index (κ3) is 5.29. The summed E-state index contributed by atoms with van der Waals surface area (Å²) in [5, 5.41) is 11.3. The zero-order chi connectivity index (χ0) is 17.8. The van der Waals surface area contributed by atoms with Gasteiger partial charge in [0.15, 0.2) is 0 Å². The Balaban J connectivity index is 0.00000140. The molecule has 0 saturated carbocycles. The molecule has 0 bridgehead atoms. The average Bonchev–Trinajstić information content (AvgIpc) is 3.08. The smallest absolute Gasteiger partial charge is 0.0594 e. The van der Waals surface area contributed by atoms with Crippen molar-refractivity contribution in [1.29, 1.82) is 0 Å². The number of aliphatic hydroxyl groups is 1. The number of fused-ring (bicyclic) bond motifs is 2. The maximum Gasteiger partial charge on any atom is 0.0594 e. The molecule has 1 fully saturated rings. The molecule has 1 N–H and O–H groups in total. The van der Waals surface area contributed by atoms with Crippen molar-refractivity contribution in [3.05, 3.63) is 46.2 Å². The van der Waals surface area contributed by atoms with E-state index in [1.165, 1.54) is 21.8 Å². The molecule has 0 atom stereocenters. The minimum absolute atomic E-state index is 0. The molecule has 1 aromatic heterocycles. The van der Waals surface area contributed by atoms with Gasteiger partial charge in [-0.2, -0.15) is 0 Å². The van der Waals surface area contributed by atoms with Gasteiger partial charge in [0.2, 0.25) is 0 Å². The van der Waals surface area contributed by atoms with Crippen LogP contribution in [0.3, 0.4) is 0 Å². The summed E-state index contributed by atoms with van der Waals surface area (Å²) in [6, 6.07) is 10.9. The second-order valence-corrected chi connectivity index (χ2v) is 7.92. The highest BCUT2D eigenvalue weighted by Gasteiger charge is 2.20. The number of rotatable bonds is 6. The quantitative estimate of drug-likeness (QED) is 0.726. The number of para-hydroxylation sites is 1. The summed E-state index contributed by atoms with van der Waals surface area (Å²) in [4.78, 5) is 8.75. The van der Waals surface area contributed by atoms with Crippen LogP contribution in [0.15, 0.2) is 35.7 Å². The van der Waals surface area contributed by atoms with Gasteiger partial charge in [-0.05, 0) is 42.1 Å². The fourth-order valence-electron chi connectivity index (χ4n) is 3.90. The Morgan fingerprint density at radius 2 is 1.54 bits per heavy atom. The molecule has 1 aromatic carbocycles. The molecule has 2 aliphatic rings. The predicted octanol–water partition coefficient (Wildman–Crippen LogP) is 4.21. The van der Waals surface area contributed by atoms with E-state index in [-0.39, 0.29) is 31.4 Å². The van der Waals surface area contributed by atoms with E-state index in [4.69, 9.17) is 5.11 Å². The van der Waals surface area contributed by atoms with Crippen LogP contribution in [-0.2, 0) is 0 Å². The highest BCUT2D eigenvalue weighted by Crippen LogP contribution is 2.38. The number of halogens is 2. The summed E-state index contributed by atoms with van der Waals surface area (Å²) in [5.41, 5.74) is 3.95. The SMILES string of the molecule is Cl.Cl.OCCN1CCN(CCCN2c3ccccc3C=Cc3sccc32)CC1. The first-order valence-corrected chi connectivity index (χ1v) is 10.4. The topological polar surface area (TPSA) is 30.0 Å². The zero-order valence-corrected chi connectivity index (χ0v) is 18.4. The van der Waals surface area contributed by atoms with Crippen molar-refractivity contribution in [2.45, 2.75) is 6.42 Å². The minimum atomic E-state index is 0. The number of thiophene rings is 1. The highest BCUT2D eigenvalue weighted by molar-refractivity contribution is 7.11. The van der Waals surface area contributed by atoms with E-state index in [2.05, 4.69) is 62.6 Å². The van der Waals surface area contributed by atoms with Crippen molar-refractivity contribution in [2.75, 3.05) is 57.3 Å². The van der Waals surface area contributed by atoms with E-state index in [1.807, 2.05) is 11.3 Å². The molecule has 1 saturated heterocycles. The van der Waals surface area contributed by atoms with Crippen LogP contribution in [0, 0.1) is 0 Å². The summed E-state index contributed by atoms with van der Waals surface area (Å²) >= 11 is 1.81. The lowest BCUT2D eigenvalue weighted by molar-refractivity contribution is 0.112. The number of piperazine rings is 1. The molecular weight excluding hydrogens is 413 g/mol. The number of nitrogens with zero attached hydrogens (tertiary/aromatic N) is 3. The molecule has 7 heteroatoms. The summed E-state index contributed by atoms with van der Waals surface area (Å²) in [7, 11) is 0. The van der Waals surface area contributed by atoms with Gasteiger partial charge in [-0.3, -0.25) is 4.90 Å². The monoisotopic (exact) mass is 441 g/mol. The first-order valence-electron chi connectivity index (χ1n) is 9.53. The fraction of sp³-hybridized carbons (Fsp3) is 0.429. The van der Waals surface area contributed by atoms with Crippen LogP contribution >= 0.6 is 36.2 Å². The van der Waals surface area contributed by atoms with Gasteiger partial charge in [-0.1, -0.05) is 24.3 Å². The van der Waals surface area contributed by atoms with E-state index in [1.54, 1.807) is 0 Å². The van der Waals surface area contributed by atoms with Crippen LogP contribution in [-0.4, -0.2) is 67.3 Å².